The zero-order valence-electron chi connectivity index (χ0n) is 15.6. The van der Waals surface area contributed by atoms with Crippen molar-refractivity contribution < 1.29 is 9.59 Å². The Bertz CT molecular complexity index is 885. The lowest BCUT2D eigenvalue weighted by molar-refractivity contribution is 0.0980. The van der Waals surface area contributed by atoms with Gasteiger partial charge in [-0.1, -0.05) is 38.1 Å². The Morgan fingerprint density at radius 3 is 2.04 bits per heavy atom. The molecular weight excluding hydrogens is 326 g/mol. The van der Waals surface area contributed by atoms with Gasteiger partial charge in [-0.15, -0.1) is 0 Å². The zero-order valence-corrected chi connectivity index (χ0v) is 15.6. The van der Waals surface area contributed by atoms with E-state index in [0.717, 1.165) is 6.54 Å². The summed E-state index contributed by atoms with van der Waals surface area (Å²) in [6, 6.07) is 8.86. The van der Waals surface area contributed by atoms with Crippen LogP contribution in [0.4, 0.5) is 17.1 Å². The molecule has 4 N–H and O–H groups in total. The maximum absolute atomic E-state index is 13.1. The van der Waals surface area contributed by atoms with Crippen molar-refractivity contribution in [2.45, 2.75) is 33.7 Å². The molecule has 2 aromatic carbocycles. The van der Waals surface area contributed by atoms with Crippen molar-refractivity contribution in [2.24, 2.45) is 5.92 Å². The van der Waals surface area contributed by atoms with Gasteiger partial charge in [-0.3, -0.25) is 9.59 Å². The summed E-state index contributed by atoms with van der Waals surface area (Å²) in [6.07, 6.45) is 0. The van der Waals surface area contributed by atoms with Gasteiger partial charge in [0.05, 0.1) is 22.5 Å². The Kier molecular flexibility index (Phi) is 4.72. The smallest absolute Gasteiger partial charge is 0.196 e. The standard InChI is InChI=1S/C21H25N3O2/c1-11(2)10-23-16-9-15(24-12(3)4)17-18(19(16)22)21(26)14-8-6-5-7-13(14)20(17)25/h5-9,11-12,23-24H,10,22H2,1-4H3. The second-order valence-corrected chi connectivity index (χ2v) is 7.41. The van der Waals surface area contributed by atoms with Crippen molar-refractivity contribution >= 4 is 28.6 Å². The summed E-state index contributed by atoms with van der Waals surface area (Å²) in [5, 5.41) is 6.61. The molecule has 0 heterocycles. The summed E-state index contributed by atoms with van der Waals surface area (Å²) in [4.78, 5) is 26.2. The molecule has 5 heteroatoms. The first kappa shape index (κ1) is 18.0. The van der Waals surface area contributed by atoms with Crippen LogP contribution in [-0.4, -0.2) is 24.2 Å². The van der Waals surface area contributed by atoms with Crippen molar-refractivity contribution in [3.63, 3.8) is 0 Å². The monoisotopic (exact) mass is 351 g/mol. The summed E-state index contributed by atoms with van der Waals surface area (Å²) >= 11 is 0. The van der Waals surface area contributed by atoms with Crippen LogP contribution in [0.25, 0.3) is 0 Å². The normalized spacial score (nSPS) is 13.0. The maximum atomic E-state index is 13.1. The first-order chi connectivity index (χ1) is 12.3. The van der Waals surface area contributed by atoms with E-state index in [4.69, 9.17) is 5.73 Å². The van der Waals surface area contributed by atoms with E-state index >= 15 is 0 Å². The average Bonchev–Trinajstić information content (AvgIpc) is 2.59. The Labute approximate surface area is 154 Å². The fourth-order valence-corrected chi connectivity index (χ4v) is 3.20. The number of anilines is 3. The molecule has 136 valence electrons. The molecule has 0 saturated carbocycles. The largest absolute Gasteiger partial charge is 0.396 e. The number of benzene rings is 2. The molecule has 0 aliphatic heterocycles. The van der Waals surface area contributed by atoms with E-state index in [9.17, 15) is 9.59 Å². The molecule has 0 radical (unpaired) electrons. The van der Waals surface area contributed by atoms with Crippen LogP contribution in [-0.2, 0) is 0 Å². The summed E-state index contributed by atoms with van der Waals surface area (Å²) in [5.74, 6) is 0.0539. The van der Waals surface area contributed by atoms with Crippen LogP contribution in [0.5, 0.6) is 0 Å². The van der Waals surface area contributed by atoms with E-state index in [0.29, 0.717) is 45.2 Å². The molecule has 1 aliphatic carbocycles. The highest BCUT2D eigenvalue weighted by Gasteiger charge is 2.34. The van der Waals surface area contributed by atoms with E-state index < -0.39 is 0 Å². The lowest BCUT2D eigenvalue weighted by atomic mass is 9.81. The van der Waals surface area contributed by atoms with Crippen LogP contribution in [0.2, 0.25) is 0 Å². The zero-order chi connectivity index (χ0) is 19.0. The lowest BCUT2D eigenvalue weighted by Gasteiger charge is -2.25. The molecule has 0 amide bonds. The molecule has 26 heavy (non-hydrogen) atoms. The molecular formula is C21H25N3O2. The summed E-state index contributed by atoms with van der Waals surface area (Å²) in [5.41, 5.74) is 9.50. The maximum Gasteiger partial charge on any atom is 0.196 e. The highest BCUT2D eigenvalue weighted by Crippen LogP contribution is 2.39. The molecule has 0 aromatic heterocycles. The van der Waals surface area contributed by atoms with Gasteiger partial charge in [-0.05, 0) is 25.8 Å². The van der Waals surface area contributed by atoms with Gasteiger partial charge in [0, 0.05) is 29.4 Å². The number of rotatable bonds is 5. The minimum absolute atomic E-state index is 0.112. The van der Waals surface area contributed by atoms with Crippen LogP contribution < -0.4 is 16.4 Å². The number of carbonyl (C=O) groups is 2. The van der Waals surface area contributed by atoms with E-state index in [1.165, 1.54) is 0 Å². The predicted molar refractivity (Wildman–Crippen MR) is 106 cm³/mol. The van der Waals surface area contributed by atoms with Crippen molar-refractivity contribution in [3.05, 3.63) is 52.6 Å². The summed E-state index contributed by atoms with van der Waals surface area (Å²) in [6.45, 7) is 8.91. The van der Waals surface area contributed by atoms with Crippen molar-refractivity contribution in [2.75, 3.05) is 22.9 Å². The number of hydrogen-bond donors (Lipinski definition) is 3. The molecule has 0 bridgehead atoms. The minimum atomic E-state index is -0.201. The van der Waals surface area contributed by atoms with Crippen LogP contribution in [0.3, 0.4) is 0 Å². The van der Waals surface area contributed by atoms with Crippen molar-refractivity contribution in [1.29, 1.82) is 0 Å². The van der Waals surface area contributed by atoms with E-state index in [-0.39, 0.29) is 17.6 Å². The number of hydrogen-bond acceptors (Lipinski definition) is 5. The third kappa shape index (κ3) is 3.05. The van der Waals surface area contributed by atoms with Crippen LogP contribution in [0.1, 0.15) is 59.5 Å². The molecule has 5 nitrogen and oxygen atoms in total. The van der Waals surface area contributed by atoms with Gasteiger partial charge in [0.2, 0.25) is 0 Å². The van der Waals surface area contributed by atoms with Gasteiger partial charge in [0.25, 0.3) is 0 Å². The lowest BCUT2D eigenvalue weighted by Crippen LogP contribution is -2.26. The first-order valence-corrected chi connectivity index (χ1v) is 8.96. The number of fused-ring (bicyclic) bond motifs is 2. The van der Waals surface area contributed by atoms with Crippen molar-refractivity contribution in [3.8, 4) is 0 Å². The third-order valence-corrected chi connectivity index (χ3v) is 4.38. The van der Waals surface area contributed by atoms with E-state index in [2.05, 4.69) is 24.5 Å². The van der Waals surface area contributed by atoms with Gasteiger partial charge in [-0.25, -0.2) is 0 Å². The Morgan fingerprint density at radius 1 is 0.923 bits per heavy atom. The number of carbonyl (C=O) groups excluding carboxylic acids is 2. The quantitative estimate of drug-likeness (QED) is 0.607. The second-order valence-electron chi connectivity index (χ2n) is 7.41. The number of nitrogens with two attached hydrogens (primary N) is 1. The number of nitrogens with one attached hydrogen (secondary N) is 2. The number of ketones is 2. The van der Waals surface area contributed by atoms with Crippen LogP contribution in [0.15, 0.2) is 30.3 Å². The molecule has 0 spiro atoms. The van der Waals surface area contributed by atoms with E-state index in [1.807, 2.05) is 19.9 Å². The van der Waals surface area contributed by atoms with Gasteiger partial charge >= 0.3 is 0 Å². The predicted octanol–water partition coefficient (Wildman–Crippen LogP) is 3.93. The molecule has 3 rings (SSSR count). The molecule has 0 fully saturated rings. The van der Waals surface area contributed by atoms with Gasteiger partial charge in [0.15, 0.2) is 11.6 Å². The van der Waals surface area contributed by atoms with Crippen LogP contribution >= 0.6 is 0 Å². The minimum Gasteiger partial charge on any atom is -0.396 e. The number of nitrogen functional groups attached to an aromatic ring is 1. The fourth-order valence-electron chi connectivity index (χ4n) is 3.20. The SMILES string of the molecule is CC(C)CNc1cc(NC(C)C)c2c(c1N)C(=O)c1ccccc1C2=O. The Hall–Kier alpha value is -2.82. The van der Waals surface area contributed by atoms with Crippen molar-refractivity contribution in [1.82, 2.24) is 0 Å². The topological polar surface area (TPSA) is 84.2 Å². The molecule has 0 atom stereocenters. The second kappa shape index (κ2) is 6.83. The Morgan fingerprint density at radius 2 is 1.50 bits per heavy atom. The fraction of sp³-hybridized carbons (Fsp3) is 0.333. The third-order valence-electron chi connectivity index (χ3n) is 4.38. The molecule has 0 unspecified atom stereocenters. The highest BCUT2D eigenvalue weighted by molar-refractivity contribution is 6.32. The molecule has 2 aromatic rings. The molecule has 1 aliphatic rings. The Balaban J connectivity index is 2.22. The first-order valence-electron chi connectivity index (χ1n) is 8.96. The van der Waals surface area contributed by atoms with E-state index in [1.54, 1.807) is 24.3 Å². The summed E-state index contributed by atoms with van der Waals surface area (Å²) < 4.78 is 0. The average molecular weight is 351 g/mol. The highest BCUT2D eigenvalue weighted by atomic mass is 16.1. The summed E-state index contributed by atoms with van der Waals surface area (Å²) in [7, 11) is 0. The van der Waals surface area contributed by atoms with Crippen LogP contribution in [0, 0.1) is 5.92 Å². The van der Waals surface area contributed by atoms with Gasteiger partial charge < -0.3 is 16.4 Å². The molecule has 0 saturated heterocycles. The van der Waals surface area contributed by atoms with Gasteiger partial charge in [-0.2, -0.15) is 0 Å². The van der Waals surface area contributed by atoms with Gasteiger partial charge in [0.1, 0.15) is 0 Å².